The van der Waals surface area contributed by atoms with Gasteiger partial charge in [-0.05, 0) is 25.0 Å². The minimum absolute atomic E-state index is 0.0420. The standard InChI is InChI=1S/C13H17BrN2O2S/c1-9(6-10-4-2-3-5-11(10)14)16-13(18)8-19-7-12(15)17/h2-5,9H,6-8H2,1H3,(H2,15,17)(H,16,18)/t9-/m0/s1. The molecule has 0 fully saturated rings. The predicted molar refractivity (Wildman–Crippen MR) is 82.0 cm³/mol. The number of nitrogens with one attached hydrogen (secondary N) is 1. The lowest BCUT2D eigenvalue weighted by atomic mass is 10.1. The summed E-state index contributed by atoms with van der Waals surface area (Å²) in [7, 11) is 0. The molecular weight excluding hydrogens is 328 g/mol. The smallest absolute Gasteiger partial charge is 0.230 e. The van der Waals surface area contributed by atoms with Crippen molar-refractivity contribution in [1.29, 1.82) is 0 Å². The summed E-state index contributed by atoms with van der Waals surface area (Å²) in [6.45, 7) is 1.95. The van der Waals surface area contributed by atoms with Crippen LogP contribution in [0.1, 0.15) is 12.5 Å². The van der Waals surface area contributed by atoms with Gasteiger partial charge >= 0.3 is 0 Å². The van der Waals surface area contributed by atoms with E-state index in [0.717, 1.165) is 16.5 Å². The van der Waals surface area contributed by atoms with E-state index in [9.17, 15) is 9.59 Å². The van der Waals surface area contributed by atoms with Gasteiger partial charge in [-0.1, -0.05) is 34.1 Å². The van der Waals surface area contributed by atoms with Gasteiger partial charge in [0.25, 0.3) is 0 Å². The summed E-state index contributed by atoms with van der Waals surface area (Å²) >= 11 is 4.71. The van der Waals surface area contributed by atoms with E-state index in [2.05, 4.69) is 21.2 Å². The lowest BCUT2D eigenvalue weighted by Gasteiger charge is -2.14. The Hall–Kier alpha value is -1.01. The summed E-state index contributed by atoms with van der Waals surface area (Å²) in [6, 6.07) is 7.97. The van der Waals surface area contributed by atoms with Crippen LogP contribution in [0.4, 0.5) is 0 Å². The fourth-order valence-corrected chi connectivity index (χ4v) is 2.62. The molecular formula is C13H17BrN2O2S. The fourth-order valence-electron chi connectivity index (χ4n) is 1.61. The maximum absolute atomic E-state index is 11.6. The second-order valence-corrected chi connectivity index (χ2v) is 6.06. The zero-order valence-electron chi connectivity index (χ0n) is 10.7. The van der Waals surface area contributed by atoms with Crippen LogP contribution in [0.15, 0.2) is 28.7 Å². The average Bonchev–Trinajstić information content (AvgIpc) is 2.31. The van der Waals surface area contributed by atoms with Gasteiger partial charge in [-0.3, -0.25) is 9.59 Å². The largest absolute Gasteiger partial charge is 0.369 e. The van der Waals surface area contributed by atoms with E-state index in [-0.39, 0.29) is 23.5 Å². The van der Waals surface area contributed by atoms with Crippen molar-refractivity contribution < 1.29 is 9.59 Å². The Morgan fingerprint density at radius 3 is 2.68 bits per heavy atom. The number of nitrogens with two attached hydrogens (primary N) is 1. The van der Waals surface area contributed by atoms with Crippen molar-refractivity contribution in [3.63, 3.8) is 0 Å². The Kier molecular flexibility index (Phi) is 6.94. The number of hydrogen-bond donors (Lipinski definition) is 2. The minimum Gasteiger partial charge on any atom is -0.369 e. The monoisotopic (exact) mass is 344 g/mol. The molecule has 1 atom stereocenters. The zero-order valence-corrected chi connectivity index (χ0v) is 13.1. The van der Waals surface area contributed by atoms with Crippen LogP contribution in [-0.2, 0) is 16.0 Å². The first-order valence-electron chi connectivity index (χ1n) is 5.88. The number of thioether (sulfide) groups is 1. The summed E-state index contributed by atoms with van der Waals surface area (Å²) in [5, 5.41) is 2.90. The molecule has 1 aromatic rings. The van der Waals surface area contributed by atoms with Crippen molar-refractivity contribution in [2.45, 2.75) is 19.4 Å². The summed E-state index contributed by atoms with van der Waals surface area (Å²) < 4.78 is 1.04. The molecule has 0 unspecified atom stereocenters. The summed E-state index contributed by atoms with van der Waals surface area (Å²) in [5.74, 6) is -0.0557. The second kappa shape index (κ2) is 8.22. The first-order valence-corrected chi connectivity index (χ1v) is 7.82. The Labute approximate surface area is 125 Å². The normalized spacial score (nSPS) is 11.9. The van der Waals surface area contributed by atoms with E-state index in [1.165, 1.54) is 11.8 Å². The Balaban J connectivity index is 2.34. The van der Waals surface area contributed by atoms with Gasteiger partial charge in [0.05, 0.1) is 11.5 Å². The van der Waals surface area contributed by atoms with E-state index < -0.39 is 5.91 Å². The van der Waals surface area contributed by atoms with E-state index in [1.807, 2.05) is 31.2 Å². The van der Waals surface area contributed by atoms with Gasteiger partial charge in [-0.25, -0.2) is 0 Å². The molecule has 4 nitrogen and oxygen atoms in total. The first-order chi connectivity index (χ1) is 8.99. The molecule has 19 heavy (non-hydrogen) atoms. The first kappa shape index (κ1) is 16.0. The lowest BCUT2D eigenvalue weighted by Crippen LogP contribution is -2.35. The highest BCUT2D eigenvalue weighted by Crippen LogP contribution is 2.17. The molecule has 0 saturated carbocycles. The molecule has 0 aliphatic rings. The van der Waals surface area contributed by atoms with Crippen LogP contribution in [-0.4, -0.2) is 29.4 Å². The molecule has 0 aliphatic heterocycles. The SMILES string of the molecule is C[C@@H](Cc1ccccc1Br)NC(=O)CSCC(N)=O. The van der Waals surface area contributed by atoms with Crippen LogP contribution in [0.2, 0.25) is 0 Å². The van der Waals surface area contributed by atoms with Crippen LogP contribution in [0, 0.1) is 0 Å². The third-order valence-electron chi connectivity index (χ3n) is 2.37. The van der Waals surface area contributed by atoms with Gasteiger partial charge in [0, 0.05) is 10.5 Å². The third kappa shape index (κ3) is 6.63. The van der Waals surface area contributed by atoms with E-state index >= 15 is 0 Å². The quantitative estimate of drug-likeness (QED) is 0.790. The third-order valence-corrected chi connectivity index (χ3v) is 4.10. The van der Waals surface area contributed by atoms with Crippen molar-refractivity contribution in [2.24, 2.45) is 5.73 Å². The highest BCUT2D eigenvalue weighted by Gasteiger charge is 2.10. The van der Waals surface area contributed by atoms with Crippen LogP contribution in [0.3, 0.4) is 0 Å². The maximum Gasteiger partial charge on any atom is 0.230 e. The van der Waals surface area contributed by atoms with E-state index in [1.54, 1.807) is 0 Å². The summed E-state index contributed by atoms with van der Waals surface area (Å²) in [4.78, 5) is 22.2. The highest BCUT2D eigenvalue weighted by molar-refractivity contribution is 9.10. The molecule has 0 radical (unpaired) electrons. The van der Waals surface area contributed by atoms with Gasteiger partial charge in [0.1, 0.15) is 0 Å². The number of hydrogen-bond acceptors (Lipinski definition) is 3. The van der Waals surface area contributed by atoms with Gasteiger partial charge in [-0.2, -0.15) is 0 Å². The van der Waals surface area contributed by atoms with Gasteiger partial charge < -0.3 is 11.1 Å². The molecule has 1 rings (SSSR count). The molecule has 0 spiro atoms. The lowest BCUT2D eigenvalue weighted by molar-refractivity contribution is -0.119. The molecule has 0 aromatic heterocycles. The minimum atomic E-state index is -0.404. The number of primary amides is 1. The molecule has 0 saturated heterocycles. The van der Waals surface area contributed by atoms with Crippen molar-refractivity contribution in [1.82, 2.24) is 5.32 Å². The molecule has 2 amide bonds. The number of carbonyl (C=O) groups excluding carboxylic acids is 2. The van der Waals surface area contributed by atoms with Crippen molar-refractivity contribution >= 4 is 39.5 Å². The van der Waals surface area contributed by atoms with Crippen molar-refractivity contribution in [2.75, 3.05) is 11.5 Å². The van der Waals surface area contributed by atoms with Gasteiger partial charge in [-0.15, -0.1) is 11.8 Å². The number of carbonyl (C=O) groups is 2. The van der Waals surface area contributed by atoms with Gasteiger partial charge in [0.15, 0.2) is 0 Å². The molecule has 104 valence electrons. The predicted octanol–water partition coefficient (Wildman–Crippen LogP) is 1.71. The molecule has 1 aromatic carbocycles. The summed E-state index contributed by atoms with van der Waals surface area (Å²) in [6.07, 6.45) is 0.758. The Morgan fingerprint density at radius 2 is 2.05 bits per heavy atom. The molecule has 6 heteroatoms. The highest BCUT2D eigenvalue weighted by atomic mass is 79.9. The number of rotatable bonds is 7. The van der Waals surface area contributed by atoms with Crippen LogP contribution >= 0.6 is 27.7 Å². The van der Waals surface area contributed by atoms with E-state index in [0.29, 0.717) is 0 Å². The number of amides is 2. The van der Waals surface area contributed by atoms with Crippen LogP contribution in [0.5, 0.6) is 0 Å². The van der Waals surface area contributed by atoms with E-state index in [4.69, 9.17) is 5.73 Å². The maximum atomic E-state index is 11.6. The Morgan fingerprint density at radius 1 is 1.37 bits per heavy atom. The topological polar surface area (TPSA) is 72.2 Å². The second-order valence-electron chi connectivity index (χ2n) is 4.22. The average molecular weight is 345 g/mol. The van der Waals surface area contributed by atoms with Gasteiger partial charge in [0.2, 0.25) is 11.8 Å². The molecule has 3 N–H and O–H groups in total. The van der Waals surface area contributed by atoms with Crippen molar-refractivity contribution in [3.8, 4) is 0 Å². The molecule has 0 aliphatic carbocycles. The zero-order chi connectivity index (χ0) is 14.3. The number of halogens is 1. The Bertz CT molecular complexity index is 454. The fraction of sp³-hybridized carbons (Fsp3) is 0.385. The summed E-state index contributed by atoms with van der Waals surface area (Å²) in [5.41, 5.74) is 6.15. The molecule has 0 heterocycles. The van der Waals surface area contributed by atoms with Crippen LogP contribution in [0.25, 0.3) is 0 Å². The van der Waals surface area contributed by atoms with Crippen LogP contribution < -0.4 is 11.1 Å². The molecule has 0 bridgehead atoms. The van der Waals surface area contributed by atoms with Crippen molar-refractivity contribution in [3.05, 3.63) is 34.3 Å². The number of benzene rings is 1.